The molecule has 14 heavy (non-hydrogen) atoms. The molecule has 0 heterocycles. The van der Waals surface area contributed by atoms with Crippen molar-refractivity contribution >= 4 is 12.3 Å². The summed E-state index contributed by atoms with van der Waals surface area (Å²) in [5.41, 5.74) is 5.96. The minimum atomic E-state index is -0.479. The van der Waals surface area contributed by atoms with E-state index in [2.05, 4.69) is 0 Å². The Morgan fingerprint density at radius 2 is 2.00 bits per heavy atom. The number of aldehydes is 1. The average molecular weight is 193 g/mol. The predicted molar refractivity (Wildman–Crippen MR) is 50.9 cm³/mol. The number of nitrogens with two attached hydrogens (primary N) is 1. The van der Waals surface area contributed by atoms with Gasteiger partial charge < -0.3 is 15.3 Å². The van der Waals surface area contributed by atoms with Crippen molar-refractivity contribution in [3.8, 4) is 5.75 Å². The molecule has 1 aromatic carbocycles. The summed E-state index contributed by atoms with van der Waals surface area (Å²) < 4.78 is 4.84. The van der Waals surface area contributed by atoms with Gasteiger partial charge in [-0.1, -0.05) is 12.1 Å². The molecule has 0 aliphatic rings. The molecule has 0 saturated heterocycles. The molecule has 1 rings (SSSR count). The molecule has 0 aromatic heterocycles. The van der Waals surface area contributed by atoms with E-state index in [9.17, 15) is 9.59 Å². The zero-order chi connectivity index (χ0) is 10.4. The molecule has 0 aliphatic heterocycles. The van der Waals surface area contributed by atoms with Gasteiger partial charge in [-0.05, 0) is 17.7 Å². The molecule has 0 unspecified atom stereocenters. The van der Waals surface area contributed by atoms with Crippen LogP contribution in [-0.2, 0) is 16.0 Å². The van der Waals surface area contributed by atoms with Crippen LogP contribution in [-0.4, -0.2) is 18.8 Å². The van der Waals surface area contributed by atoms with Gasteiger partial charge in [0.25, 0.3) is 0 Å². The molecule has 0 atom stereocenters. The first-order valence-corrected chi connectivity index (χ1v) is 4.19. The molecule has 0 spiro atoms. The number of esters is 1. The topological polar surface area (TPSA) is 69.4 Å². The molecule has 1 aromatic rings. The van der Waals surface area contributed by atoms with Crippen LogP contribution in [0.15, 0.2) is 24.3 Å². The first-order valence-electron chi connectivity index (χ1n) is 4.19. The van der Waals surface area contributed by atoms with E-state index in [1.165, 1.54) is 0 Å². The van der Waals surface area contributed by atoms with Gasteiger partial charge in [-0.25, -0.2) is 0 Å². The van der Waals surface area contributed by atoms with E-state index in [0.717, 1.165) is 11.8 Å². The van der Waals surface area contributed by atoms with Crippen LogP contribution in [0.5, 0.6) is 5.75 Å². The minimum absolute atomic E-state index is 0.143. The first-order chi connectivity index (χ1) is 6.76. The molecule has 4 nitrogen and oxygen atoms in total. The monoisotopic (exact) mass is 193 g/mol. The van der Waals surface area contributed by atoms with E-state index < -0.39 is 5.97 Å². The number of ether oxygens (including phenoxy) is 1. The lowest BCUT2D eigenvalue weighted by atomic mass is 10.2. The third kappa shape index (κ3) is 2.99. The average Bonchev–Trinajstić information content (AvgIpc) is 2.21. The summed E-state index contributed by atoms with van der Waals surface area (Å²) in [6.07, 6.45) is 1.19. The van der Waals surface area contributed by atoms with Crippen LogP contribution >= 0.6 is 0 Å². The van der Waals surface area contributed by atoms with Crippen LogP contribution < -0.4 is 10.5 Å². The molecule has 2 N–H and O–H groups in total. The van der Waals surface area contributed by atoms with E-state index >= 15 is 0 Å². The van der Waals surface area contributed by atoms with E-state index in [4.69, 9.17) is 10.5 Å². The zero-order valence-electron chi connectivity index (χ0n) is 7.60. The van der Waals surface area contributed by atoms with Crippen molar-refractivity contribution in [3.05, 3.63) is 29.8 Å². The lowest BCUT2D eigenvalue weighted by Crippen LogP contribution is -2.19. The van der Waals surface area contributed by atoms with Gasteiger partial charge in [0.1, 0.15) is 12.0 Å². The fourth-order valence-corrected chi connectivity index (χ4v) is 0.963. The highest BCUT2D eigenvalue weighted by Crippen LogP contribution is 2.12. The number of benzene rings is 1. The lowest BCUT2D eigenvalue weighted by Gasteiger charge is -2.02. The summed E-state index contributed by atoms with van der Waals surface area (Å²) >= 11 is 0. The van der Waals surface area contributed by atoms with Gasteiger partial charge in [-0.2, -0.15) is 0 Å². The van der Waals surface area contributed by atoms with Crippen molar-refractivity contribution in [1.29, 1.82) is 0 Å². The summed E-state index contributed by atoms with van der Waals surface area (Å²) in [5.74, 6) is -0.0387. The Hall–Kier alpha value is -1.68. The highest BCUT2D eigenvalue weighted by molar-refractivity contribution is 5.74. The van der Waals surface area contributed by atoms with Crippen LogP contribution in [0.1, 0.15) is 5.56 Å². The van der Waals surface area contributed by atoms with Gasteiger partial charge in [0.05, 0.1) is 6.54 Å². The summed E-state index contributed by atoms with van der Waals surface area (Å²) in [7, 11) is 0. The van der Waals surface area contributed by atoms with Crippen LogP contribution in [0.3, 0.4) is 0 Å². The second kappa shape index (κ2) is 5.14. The maximum atomic E-state index is 10.8. The molecule has 0 saturated carbocycles. The second-order valence-electron chi connectivity index (χ2n) is 2.69. The molecule has 0 bridgehead atoms. The Morgan fingerprint density at radius 3 is 2.50 bits per heavy atom. The quantitative estimate of drug-likeness (QED) is 0.424. The fourth-order valence-electron chi connectivity index (χ4n) is 0.963. The highest BCUT2D eigenvalue weighted by Gasteiger charge is 2.00. The zero-order valence-corrected chi connectivity index (χ0v) is 7.60. The normalized spacial score (nSPS) is 9.50. The molecule has 0 amide bonds. The number of hydrogen-bond donors (Lipinski definition) is 1. The third-order valence-corrected chi connectivity index (χ3v) is 1.64. The minimum Gasteiger partial charge on any atom is -0.426 e. The van der Waals surface area contributed by atoms with Gasteiger partial charge in [0.2, 0.25) is 0 Å². The van der Waals surface area contributed by atoms with Crippen LogP contribution in [0.25, 0.3) is 0 Å². The first kappa shape index (κ1) is 10.4. The molecule has 0 aliphatic carbocycles. The molecule has 4 heteroatoms. The van der Waals surface area contributed by atoms with Gasteiger partial charge >= 0.3 is 5.97 Å². The van der Waals surface area contributed by atoms with Crippen molar-refractivity contribution in [2.45, 2.75) is 6.42 Å². The van der Waals surface area contributed by atoms with Crippen LogP contribution in [0, 0.1) is 0 Å². The Morgan fingerprint density at radius 1 is 1.36 bits per heavy atom. The van der Waals surface area contributed by atoms with Gasteiger partial charge in [0, 0.05) is 6.42 Å². The van der Waals surface area contributed by atoms with Gasteiger partial charge in [0.15, 0.2) is 0 Å². The predicted octanol–water partition coefficient (Wildman–Crippen LogP) is 0.292. The smallest absolute Gasteiger partial charge is 0.325 e. The Bertz CT molecular complexity index is 319. The molecule has 0 fully saturated rings. The molecular weight excluding hydrogens is 182 g/mol. The largest absolute Gasteiger partial charge is 0.426 e. The van der Waals surface area contributed by atoms with Crippen molar-refractivity contribution in [2.24, 2.45) is 5.73 Å². The Kier molecular flexibility index (Phi) is 3.82. The summed E-state index contributed by atoms with van der Waals surface area (Å²) in [5, 5.41) is 0. The van der Waals surface area contributed by atoms with E-state index in [1.54, 1.807) is 24.3 Å². The van der Waals surface area contributed by atoms with Crippen molar-refractivity contribution < 1.29 is 14.3 Å². The highest BCUT2D eigenvalue weighted by atomic mass is 16.5. The molecule has 0 radical (unpaired) electrons. The van der Waals surface area contributed by atoms with Crippen LogP contribution in [0.4, 0.5) is 0 Å². The maximum absolute atomic E-state index is 10.8. The lowest BCUT2D eigenvalue weighted by molar-refractivity contribution is -0.132. The number of hydrogen-bond acceptors (Lipinski definition) is 4. The van der Waals surface area contributed by atoms with Gasteiger partial charge in [-0.15, -0.1) is 0 Å². The van der Waals surface area contributed by atoms with Crippen molar-refractivity contribution in [2.75, 3.05) is 6.54 Å². The Labute approximate surface area is 81.7 Å². The SMILES string of the molecule is NCC(=O)Oc1ccc(CC=O)cc1. The summed E-state index contributed by atoms with van der Waals surface area (Å²) in [6, 6.07) is 6.72. The second-order valence-corrected chi connectivity index (χ2v) is 2.69. The standard InChI is InChI=1S/C10H11NO3/c11-7-10(13)14-9-3-1-8(2-4-9)5-6-12/h1-4,6H,5,7,11H2. The van der Waals surface area contributed by atoms with Crippen molar-refractivity contribution in [3.63, 3.8) is 0 Å². The number of carbonyl (C=O) groups is 2. The van der Waals surface area contributed by atoms with Gasteiger partial charge in [-0.3, -0.25) is 4.79 Å². The number of carbonyl (C=O) groups excluding carboxylic acids is 2. The molecule has 74 valence electrons. The van der Waals surface area contributed by atoms with E-state index in [1.807, 2.05) is 0 Å². The maximum Gasteiger partial charge on any atom is 0.325 e. The van der Waals surface area contributed by atoms with Crippen molar-refractivity contribution in [1.82, 2.24) is 0 Å². The number of rotatable bonds is 4. The summed E-state index contributed by atoms with van der Waals surface area (Å²) in [6.45, 7) is -0.143. The fraction of sp³-hybridized carbons (Fsp3) is 0.200. The van der Waals surface area contributed by atoms with E-state index in [-0.39, 0.29) is 6.54 Å². The third-order valence-electron chi connectivity index (χ3n) is 1.64. The molecular formula is C10H11NO3. The van der Waals surface area contributed by atoms with E-state index in [0.29, 0.717) is 12.2 Å². The van der Waals surface area contributed by atoms with Crippen LogP contribution in [0.2, 0.25) is 0 Å². The summed E-state index contributed by atoms with van der Waals surface area (Å²) in [4.78, 5) is 21.0. The Balaban J connectivity index is 2.63.